The van der Waals surface area contributed by atoms with Gasteiger partial charge in [-0.25, -0.2) is 0 Å². The molecule has 1 aromatic rings. The fourth-order valence-electron chi connectivity index (χ4n) is 2.42. The van der Waals surface area contributed by atoms with Gasteiger partial charge < -0.3 is 10.2 Å². The van der Waals surface area contributed by atoms with Gasteiger partial charge in [-0.05, 0) is 37.4 Å². The number of para-hydroxylation sites is 1. The zero-order valence-corrected chi connectivity index (χ0v) is 14.3. The van der Waals surface area contributed by atoms with Gasteiger partial charge >= 0.3 is 0 Å². The molecule has 0 radical (unpaired) electrons. The Morgan fingerprint density at radius 1 is 1.25 bits per heavy atom. The fourth-order valence-corrected chi connectivity index (χ4v) is 2.75. The minimum Gasteiger partial charge on any atom is -0.370 e. The van der Waals surface area contributed by atoms with Gasteiger partial charge in [-0.15, -0.1) is 0 Å². The molecule has 0 spiro atoms. The summed E-state index contributed by atoms with van der Waals surface area (Å²) in [5, 5.41) is 4.36. The van der Waals surface area contributed by atoms with Crippen LogP contribution >= 0.6 is 11.6 Å². The molecule has 0 saturated carbocycles. The predicted molar refractivity (Wildman–Crippen MR) is 90.8 cm³/mol. The third-order valence-corrected chi connectivity index (χ3v) is 3.96. The highest BCUT2D eigenvalue weighted by atomic mass is 35.5. The molecule has 2 nitrogen and oxygen atoms in total. The summed E-state index contributed by atoms with van der Waals surface area (Å²) in [6, 6.07) is 6.70. The van der Waals surface area contributed by atoms with Gasteiger partial charge in [0.15, 0.2) is 0 Å². The maximum absolute atomic E-state index is 6.44. The number of nitrogens with zero attached hydrogens (tertiary/aromatic N) is 1. The highest BCUT2D eigenvalue weighted by Gasteiger charge is 2.16. The topological polar surface area (TPSA) is 15.3 Å². The van der Waals surface area contributed by atoms with Crippen LogP contribution in [0, 0.1) is 5.92 Å². The number of anilines is 1. The quantitative estimate of drug-likeness (QED) is 0.747. The lowest BCUT2D eigenvalue weighted by molar-refractivity contribution is 0.550. The number of nitrogens with one attached hydrogen (secondary N) is 1. The number of rotatable bonds is 8. The molecule has 1 aromatic carbocycles. The van der Waals surface area contributed by atoms with Crippen LogP contribution in [0.4, 0.5) is 5.69 Å². The van der Waals surface area contributed by atoms with E-state index < -0.39 is 0 Å². The molecule has 0 aliphatic heterocycles. The van der Waals surface area contributed by atoms with E-state index in [0.29, 0.717) is 12.0 Å². The maximum Gasteiger partial charge on any atom is 0.0642 e. The van der Waals surface area contributed by atoms with Crippen molar-refractivity contribution in [3.8, 4) is 0 Å². The third kappa shape index (κ3) is 4.99. The largest absolute Gasteiger partial charge is 0.370 e. The molecule has 1 atom stereocenters. The van der Waals surface area contributed by atoms with Crippen molar-refractivity contribution in [1.82, 2.24) is 5.32 Å². The normalized spacial score (nSPS) is 12.8. The van der Waals surface area contributed by atoms with Crippen molar-refractivity contribution < 1.29 is 0 Å². The lowest BCUT2D eigenvalue weighted by atomic mass is 10.1. The lowest BCUT2D eigenvalue weighted by Crippen LogP contribution is -2.30. The van der Waals surface area contributed by atoms with Crippen LogP contribution in [0.25, 0.3) is 0 Å². The van der Waals surface area contributed by atoms with Crippen molar-refractivity contribution in [3.05, 3.63) is 28.8 Å². The second-order valence-corrected chi connectivity index (χ2v) is 6.43. The van der Waals surface area contributed by atoms with Gasteiger partial charge in [0.25, 0.3) is 0 Å². The van der Waals surface area contributed by atoms with Crippen LogP contribution in [0.1, 0.15) is 46.1 Å². The van der Waals surface area contributed by atoms with Crippen molar-refractivity contribution in [3.63, 3.8) is 0 Å². The first-order chi connectivity index (χ1) is 9.47. The molecule has 0 amide bonds. The summed E-state index contributed by atoms with van der Waals surface area (Å²) in [7, 11) is 2.15. The zero-order chi connectivity index (χ0) is 15.1. The number of benzene rings is 1. The van der Waals surface area contributed by atoms with Gasteiger partial charge in [0, 0.05) is 19.6 Å². The van der Waals surface area contributed by atoms with Crippen molar-refractivity contribution >= 4 is 17.3 Å². The van der Waals surface area contributed by atoms with Crippen LogP contribution in [-0.4, -0.2) is 19.6 Å². The van der Waals surface area contributed by atoms with Crippen molar-refractivity contribution in [1.29, 1.82) is 0 Å². The molecule has 1 N–H and O–H groups in total. The van der Waals surface area contributed by atoms with E-state index in [-0.39, 0.29) is 0 Å². The fraction of sp³-hybridized carbons (Fsp3) is 0.647. The minimum absolute atomic E-state index is 0.503. The minimum atomic E-state index is 0.503. The molecule has 20 heavy (non-hydrogen) atoms. The van der Waals surface area contributed by atoms with Crippen molar-refractivity contribution in [2.75, 3.05) is 18.5 Å². The summed E-state index contributed by atoms with van der Waals surface area (Å²) in [4.78, 5) is 2.32. The Morgan fingerprint density at radius 3 is 2.55 bits per heavy atom. The number of halogens is 1. The summed E-state index contributed by atoms with van der Waals surface area (Å²) >= 11 is 6.44. The highest BCUT2D eigenvalue weighted by Crippen LogP contribution is 2.31. The molecular formula is C17H29ClN2. The van der Waals surface area contributed by atoms with Crippen LogP contribution in [0.15, 0.2) is 18.2 Å². The zero-order valence-electron chi connectivity index (χ0n) is 13.5. The molecule has 1 rings (SSSR count). The van der Waals surface area contributed by atoms with E-state index in [9.17, 15) is 0 Å². The molecule has 114 valence electrons. The van der Waals surface area contributed by atoms with Gasteiger partial charge in [0.1, 0.15) is 0 Å². The van der Waals surface area contributed by atoms with Gasteiger partial charge in [-0.3, -0.25) is 0 Å². The van der Waals surface area contributed by atoms with E-state index >= 15 is 0 Å². The monoisotopic (exact) mass is 296 g/mol. The Hall–Kier alpha value is -0.730. The van der Waals surface area contributed by atoms with Gasteiger partial charge in [0.05, 0.1) is 10.7 Å². The van der Waals surface area contributed by atoms with E-state index in [4.69, 9.17) is 11.6 Å². The van der Waals surface area contributed by atoms with E-state index in [2.05, 4.69) is 51.0 Å². The van der Waals surface area contributed by atoms with Crippen molar-refractivity contribution in [2.24, 2.45) is 5.92 Å². The molecule has 0 fully saturated rings. The van der Waals surface area contributed by atoms with E-state index in [1.165, 1.54) is 24.1 Å². The molecular weight excluding hydrogens is 268 g/mol. The highest BCUT2D eigenvalue weighted by molar-refractivity contribution is 6.33. The molecule has 0 aliphatic carbocycles. The number of hydrogen-bond donors (Lipinski definition) is 1. The van der Waals surface area contributed by atoms with E-state index in [0.717, 1.165) is 18.1 Å². The number of hydrogen-bond acceptors (Lipinski definition) is 2. The van der Waals surface area contributed by atoms with E-state index in [1.807, 2.05) is 12.1 Å². The summed E-state index contributed by atoms with van der Waals surface area (Å²) in [6.45, 7) is 10.8. The Kier molecular flexibility index (Phi) is 7.39. The van der Waals surface area contributed by atoms with Crippen LogP contribution in [0.2, 0.25) is 5.02 Å². The molecule has 3 heteroatoms. The van der Waals surface area contributed by atoms with Gasteiger partial charge in [0.2, 0.25) is 0 Å². The second-order valence-electron chi connectivity index (χ2n) is 6.02. The van der Waals surface area contributed by atoms with Crippen molar-refractivity contribution in [2.45, 2.75) is 53.1 Å². The Balaban J connectivity index is 2.87. The van der Waals surface area contributed by atoms with Crippen LogP contribution < -0.4 is 10.2 Å². The molecule has 0 saturated heterocycles. The Morgan fingerprint density at radius 2 is 1.95 bits per heavy atom. The van der Waals surface area contributed by atoms with Crippen LogP contribution in [0.3, 0.4) is 0 Å². The summed E-state index contributed by atoms with van der Waals surface area (Å²) < 4.78 is 0. The van der Waals surface area contributed by atoms with Gasteiger partial charge in [-0.2, -0.15) is 0 Å². The van der Waals surface area contributed by atoms with Crippen LogP contribution in [-0.2, 0) is 6.54 Å². The summed E-state index contributed by atoms with van der Waals surface area (Å²) in [5.74, 6) is 0.661. The Labute approximate surface area is 129 Å². The summed E-state index contributed by atoms with van der Waals surface area (Å²) in [6.07, 6.45) is 2.37. The third-order valence-electron chi connectivity index (χ3n) is 3.66. The first-order valence-corrected chi connectivity index (χ1v) is 8.06. The second kappa shape index (κ2) is 8.53. The molecule has 0 bridgehead atoms. The van der Waals surface area contributed by atoms with Gasteiger partial charge in [-0.1, -0.05) is 50.9 Å². The molecule has 0 aromatic heterocycles. The average molecular weight is 297 g/mol. The smallest absolute Gasteiger partial charge is 0.0642 e. The predicted octanol–water partition coefficient (Wildman–Crippen LogP) is 4.71. The first kappa shape index (κ1) is 17.3. The standard InChI is InChI=1S/C17H29ClN2/c1-6-8-14(4)20(5)17-15(9-7-10-16(17)18)12-19-11-13(2)3/h7,9-10,13-14,19H,6,8,11-12H2,1-5H3. The average Bonchev–Trinajstić information content (AvgIpc) is 2.38. The Bertz CT molecular complexity index is 404. The van der Waals surface area contributed by atoms with Crippen LogP contribution in [0.5, 0.6) is 0 Å². The molecule has 0 aliphatic rings. The summed E-state index contributed by atoms with van der Waals surface area (Å²) in [5.41, 5.74) is 2.45. The lowest BCUT2D eigenvalue weighted by Gasteiger charge is -2.30. The molecule has 1 unspecified atom stereocenters. The molecule has 0 heterocycles. The maximum atomic E-state index is 6.44. The first-order valence-electron chi connectivity index (χ1n) is 7.68. The van der Waals surface area contributed by atoms with E-state index in [1.54, 1.807) is 0 Å². The SMILES string of the molecule is CCCC(C)N(C)c1c(Cl)cccc1CNCC(C)C.